The Kier molecular flexibility index (Phi) is 15.7. The van der Waals surface area contributed by atoms with Crippen molar-refractivity contribution in [3.63, 3.8) is 0 Å². The Labute approximate surface area is 261 Å². The smallest absolute Gasteiger partial charge is 0.351 e. The second kappa shape index (κ2) is 17.9. The predicted octanol–water partition coefficient (Wildman–Crippen LogP) is 4.98. The lowest BCUT2D eigenvalue weighted by Gasteiger charge is -2.38. The van der Waals surface area contributed by atoms with Gasteiger partial charge in [-0.05, 0) is 40.2 Å². The maximum atomic E-state index is 12.9. The Bertz CT molecular complexity index is 1080. The average Bonchev–Trinajstić information content (AvgIpc) is 3.23. The molecule has 1 N–H and O–H groups in total. The number of aromatic nitrogens is 2. The molecule has 0 bridgehead atoms. The van der Waals surface area contributed by atoms with Crippen molar-refractivity contribution in [2.24, 2.45) is 5.41 Å². The van der Waals surface area contributed by atoms with Gasteiger partial charge in [0, 0.05) is 43.5 Å². The van der Waals surface area contributed by atoms with Crippen LogP contribution in [0.2, 0.25) is 0 Å². The van der Waals surface area contributed by atoms with E-state index in [9.17, 15) is 14.4 Å². The lowest BCUT2D eigenvalue weighted by atomic mass is 10.00. The summed E-state index contributed by atoms with van der Waals surface area (Å²) in [5, 5.41) is 2.67. The van der Waals surface area contributed by atoms with Gasteiger partial charge in [0.05, 0.1) is 25.9 Å². The minimum absolute atomic E-state index is 0.128. The van der Waals surface area contributed by atoms with E-state index in [-0.39, 0.29) is 40.4 Å². The number of nitrogens with zero attached hydrogens (tertiary/aromatic N) is 3. The fourth-order valence-corrected chi connectivity index (χ4v) is 7.17. The maximum Gasteiger partial charge on any atom is 0.351 e. The molecule has 1 aromatic rings. The number of carbonyl (C=O) groups is 2. The van der Waals surface area contributed by atoms with Crippen LogP contribution in [0.25, 0.3) is 0 Å². The van der Waals surface area contributed by atoms with Gasteiger partial charge in [0.25, 0.3) is 8.53 Å². The fourth-order valence-electron chi connectivity index (χ4n) is 4.60. The summed E-state index contributed by atoms with van der Waals surface area (Å²) < 4.78 is 34.7. The van der Waals surface area contributed by atoms with Gasteiger partial charge in [-0.3, -0.25) is 14.2 Å². The molecule has 5 unspecified atom stereocenters. The van der Waals surface area contributed by atoms with Crippen molar-refractivity contribution < 1.29 is 32.8 Å². The Morgan fingerprint density at radius 3 is 2.37 bits per heavy atom. The predicted molar refractivity (Wildman–Crippen MR) is 170 cm³/mol. The van der Waals surface area contributed by atoms with Crippen molar-refractivity contribution in [3.05, 3.63) is 22.7 Å². The molecular weight excluding hydrogens is 595 g/mol. The summed E-state index contributed by atoms with van der Waals surface area (Å²) in [6.45, 7) is 18.6. The quantitative estimate of drug-likeness (QED) is 0.182. The van der Waals surface area contributed by atoms with E-state index < -0.39 is 32.7 Å². The van der Waals surface area contributed by atoms with Crippen molar-refractivity contribution in [2.75, 3.05) is 38.0 Å². The Hall–Kier alpha value is -1.44. The molecule has 0 spiro atoms. The number of thioether (sulfide) groups is 1. The van der Waals surface area contributed by atoms with E-state index in [1.165, 1.54) is 23.3 Å². The zero-order valence-corrected chi connectivity index (χ0v) is 29.0. The number of hydrogen-bond donors (Lipinski definition) is 1. The third-order valence-corrected chi connectivity index (χ3v) is 9.87. The van der Waals surface area contributed by atoms with E-state index in [1.807, 2.05) is 20.8 Å². The van der Waals surface area contributed by atoms with E-state index in [2.05, 4.69) is 49.6 Å². The van der Waals surface area contributed by atoms with Crippen LogP contribution in [0.15, 0.2) is 17.1 Å². The summed E-state index contributed by atoms with van der Waals surface area (Å²) in [6, 6.07) is 1.81. The van der Waals surface area contributed by atoms with Crippen LogP contribution in [0.5, 0.6) is 0 Å². The van der Waals surface area contributed by atoms with Gasteiger partial charge in [-0.2, -0.15) is 4.98 Å². The van der Waals surface area contributed by atoms with Gasteiger partial charge < -0.3 is 28.6 Å². The maximum absolute atomic E-state index is 12.9. The van der Waals surface area contributed by atoms with Crippen molar-refractivity contribution in [1.29, 1.82) is 0 Å². The number of ether oxygens (including phenoxy) is 3. The first-order valence-corrected chi connectivity index (χ1v) is 17.0. The van der Waals surface area contributed by atoms with Crippen LogP contribution in [0.1, 0.15) is 81.4 Å². The highest BCUT2D eigenvalue weighted by Crippen LogP contribution is 2.50. The Morgan fingerprint density at radius 1 is 1.16 bits per heavy atom. The average molecular weight is 647 g/mol. The molecule has 1 aromatic heterocycles. The highest BCUT2D eigenvalue weighted by atomic mass is 32.2. The van der Waals surface area contributed by atoms with Gasteiger partial charge in [-0.25, -0.2) is 9.46 Å². The summed E-state index contributed by atoms with van der Waals surface area (Å²) in [7, 11) is 0.00617. The van der Waals surface area contributed by atoms with Gasteiger partial charge in [0.2, 0.25) is 5.91 Å². The molecule has 0 aromatic carbocycles. The van der Waals surface area contributed by atoms with Crippen LogP contribution in [0.3, 0.4) is 0 Å². The summed E-state index contributed by atoms with van der Waals surface area (Å²) in [5.41, 5.74) is -0.949. The van der Waals surface area contributed by atoms with Gasteiger partial charge in [-0.15, -0.1) is 0 Å². The molecule has 246 valence electrons. The van der Waals surface area contributed by atoms with E-state index >= 15 is 0 Å². The molecule has 0 aliphatic carbocycles. The topological polar surface area (TPSA) is 130 Å². The first-order valence-electron chi connectivity index (χ1n) is 14.9. The van der Waals surface area contributed by atoms with E-state index in [1.54, 1.807) is 19.4 Å². The van der Waals surface area contributed by atoms with Crippen LogP contribution >= 0.6 is 20.3 Å². The van der Waals surface area contributed by atoms with Crippen LogP contribution in [0.4, 0.5) is 5.82 Å². The van der Waals surface area contributed by atoms with Crippen molar-refractivity contribution in [1.82, 2.24) is 14.2 Å². The lowest BCUT2D eigenvalue weighted by Crippen LogP contribution is -2.40. The molecule has 0 saturated carbocycles. The SMILES string of the molecule is CCCC1OC(n2ccc(NC(C)=O)nc2=O)C(OC)C1OP(OCCOCCSC(=O)C(C)(C)C)N(C(C)C)C(C)C. The molecule has 1 aliphatic rings. The van der Waals surface area contributed by atoms with Gasteiger partial charge >= 0.3 is 5.69 Å². The second-order valence-corrected chi connectivity index (χ2v) is 14.4. The number of nitrogens with one attached hydrogen (secondary N) is 1. The monoisotopic (exact) mass is 646 g/mol. The molecule has 2 rings (SSSR count). The largest absolute Gasteiger partial charge is 0.378 e. The normalized spacial score (nSPS) is 21.6. The summed E-state index contributed by atoms with van der Waals surface area (Å²) in [6.07, 6.45) is 0.788. The number of amides is 1. The van der Waals surface area contributed by atoms with Crippen LogP contribution in [-0.2, 0) is 32.8 Å². The minimum Gasteiger partial charge on any atom is -0.378 e. The summed E-state index contributed by atoms with van der Waals surface area (Å²) in [5.74, 6) is 0.434. The molecule has 12 nitrogen and oxygen atoms in total. The molecule has 1 aliphatic heterocycles. The summed E-state index contributed by atoms with van der Waals surface area (Å²) in [4.78, 5) is 40.5. The number of rotatable bonds is 17. The molecule has 43 heavy (non-hydrogen) atoms. The Balaban J connectivity index is 2.18. The molecular formula is C29H51N4O8PS. The van der Waals surface area contributed by atoms with Crippen LogP contribution in [-0.4, -0.2) is 88.3 Å². The number of hydrogen-bond acceptors (Lipinski definition) is 11. The van der Waals surface area contributed by atoms with Crippen molar-refractivity contribution >= 4 is 37.1 Å². The van der Waals surface area contributed by atoms with Crippen LogP contribution in [0, 0.1) is 5.41 Å². The fraction of sp³-hybridized carbons (Fsp3) is 0.793. The third-order valence-electron chi connectivity index (χ3n) is 6.50. The highest BCUT2D eigenvalue weighted by Gasteiger charge is 2.49. The van der Waals surface area contributed by atoms with E-state index in [4.69, 9.17) is 23.3 Å². The van der Waals surface area contributed by atoms with E-state index in [0.717, 1.165) is 6.42 Å². The zero-order valence-electron chi connectivity index (χ0n) is 27.3. The highest BCUT2D eigenvalue weighted by molar-refractivity contribution is 8.13. The standard InChI is InChI=1S/C29H51N4O8PS/c1-11-12-22-24(25(37-10)26(40-22)32-14-13-23(30-21(6)34)31-28(32)36)41-42(33(19(2)3)20(4)5)39-16-15-38-17-18-43-27(35)29(7,8)9/h13-14,19-20,22,24-26H,11-12,15-18H2,1-10H3,(H,30,31,34,36). The number of carbonyl (C=O) groups excluding carboxylic acids is 2. The lowest BCUT2D eigenvalue weighted by molar-refractivity contribution is -0.117. The van der Waals surface area contributed by atoms with Gasteiger partial charge in [0.15, 0.2) is 11.3 Å². The molecule has 1 fully saturated rings. The second-order valence-electron chi connectivity index (χ2n) is 11.9. The molecule has 5 atom stereocenters. The number of anilines is 1. The molecule has 1 amide bonds. The Morgan fingerprint density at radius 2 is 1.84 bits per heavy atom. The van der Waals surface area contributed by atoms with Crippen molar-refractivity contribution in [3.8, 4) is 0 Å². The first kappa shape index (κ1) is 37.7. The van der Waals surface area contributed by atoms with Crippen LogP contribution < -0.4 is 11.0 Å². The van der Waals surface area contributed by atoms with Crippen molar-refractivity contribution in [2.45, 2.75) is 112 Å². The third kappa shape index (κ3) is 11.5. The number of methoxy groups -OCH3 is 1. The molecule has 2 heterocycles. The molecule has 14 heteroatoms. The minimum atomic E-state index is -1.56. The molecule has 0 radical (unpaired) electrons. The van der Waals surface area contributed by atoms with Gasteiger partial charge in [-0.1, -0.05) is 45.9 Å². The zero-order chi connectivity index (χ0) is 32.3. The van der Waals surface area contributed by atoms with Gasteiger partial charge in [0.1, 0.15) is 18.0 Å². The first-order chi connectivity index (χ1) is 20.2. The van der Waals surface area contributed by atoms with E-state index in [0.29, 0.717) is 32.0 Å². The summed E-state index contributed by atoms with van der Waals surface area (Å²) >= 11 is 1.28. The molecule has 1 saturated heterocycles.